The number of hydrogen-bond donors (Lipinski definition) is 1. The van der Waals surface area contributed by atoms with Gasteiger partial charge in [0.1, 0.15) is 5.75 Å². The zero-order valence-electron chi connectivity index (χ0n) is 12.3. The van der Waals surface area contributed by atoms with Crippen molar-refractivity contribution in [3.8, 4) is 5.75 Å². The summed E-state index contributed by atoms with van der Waals surface area (Å²) in [6.45, 7) is 0. The van der Waals surface area contributed by atoms with Crippen LogP contribution in [-0.4, -0.2) is 7.11 Å². The molecule has 110 valence electrons. The number of nitrogens with two attached hydrogens (primary N) is 1. The molecule has 2 fully saturated rings. The van der Waals surface area contributed by atoms with Gasteiger partial charge in [0.25, 0.3) is 0 Å². The van der Waals surface area contributed by atoms with Crippen LogP contribution >= 0.6 is 11.6 Å². The number of halogens is 1. The van der Waals surface area contributed by atoms with Crippen LogP contribution < -0.4 is 10.5 Å². The van der Waals surface area contributed by atoms with Gasteiger partial charge in [-0.15, -0.1) is 0 Å². The molecule has 2 aliphatic rings. The van der Waals surface area contributed by atoms with E-state index in [-0.39, 0.29) is 5.54 Å². The molecule has 0 saturated heterocycles. The topological polar surface area (TPSA) is 35.2 Å². The van der Waals surface area contributed by atoms with E-state index in [0.29, 0.717) is 5.41 Å². The van der Waals surface area contributed by atoms with E-state index in [4.69, 9.17) is 22.1 Å². The SMILES string of the molecule is COc1ccc(Cl)cc1C1(N)CC2(CCCCCC2)C1. The van der Waals surface area contributed by atoms with Crippen molar-refractivity contribution in [3.63, 3.8) is 0 Å². The van der Waals surface area contributed by atoms with Crippen LogP contribution in [-0.2, 0) is 5.54 Å². The van der Waals surface area contributed by atoms with Crippen molar-refractivity contribution in [1.82, 2.24) is 0 Å². The summed E-state index contributed by atoms with van der Waals surface area (Å²) in [5.74, 6) is 0.875. The number of ether oxygens (including phenoxy) is 1. The molecule has 2 saturated carbocycles. The Morgan fingerprint density at radius 3 is 2.35 bits per heavy atom. The molecule has 1 aromatic carbocycles. The van der Waals surface area contributed by atoms with Gasteiger partial charge in [-0.2, -0.15) is 0 Å². The number of rotatable bonds is 2. The molecular formula is C17H24ClNO. The molecule has 0 heterocycles. The summed E-state index contributed by atoms with van der Waals surface area (Å²) < 4.78 is 5.48. The molecule has 0 aromatic heterocycles. The maximum Gasteiger partial charge on any atom is 0.124 e. The lowest BCUT2D eigenvalue weighted by Gasteiger charge is -2.55. The van der Waals surface area contributed by atoms with Crippen LogP contribution in [0.1, 0.15) is 56.9 Å². The quantitative estimate of drug-likeness (QED) is 0.862. The van der Waals surface area contributed by atoms with Crippen molar-refractivity contribution in [2.24, 2.45) is 11.1 Å². The Morgan fingerprint density at radius 1 is 1.10 bits per heavy atom. The molecule has 0 amide bonds. The Morgan fingerprint density at radius 2 is 1.75 bits per heavy atom. The standard InChI is InChI=1S/C17H24ClNO/c1-20-15-7-6-13(18)10-14(15)17(19)11-16(12-17)8-4-2-3-5-9-16/h6-7,10H,2-5,8-9,11-12,19H2,1H3. The first-order valence-corrected chi connectivity index (χ1v) is 8.08. The smallest absolute Gasteiger partial charge is 0.124 e. The normalized spacial score (nSPS) is 23.9. The first kappa shape index (κ1) is 14.2. The number of methoxy groups -OCH3 is 1. The number of hydrogen-bond acceptors (Lipinski definition) is 2. The highest BCUT2D eigenvalue weighted by Crippen LogP contribution is 2.60. The van der Waals surface area contributed by atoms with Crippen LogP contribution in [0.2, 0.25) is 5.02 Å². The van der Waals surface area contributed by atoms with Gasteiger partial charge in [-0.1, -0.05) is 37.3 Å². The molecular weight excluding hydrogens is 270 g/mol. The first-order chi connectivity index (χ1) is 9.57. The summed E-state index contributed by atoms with van der Waals surface area (Å²) >= 11 is 6.15. The van der Waals surface area contributed by atoms with Crippen LogP contribution in [0.15, 0.2) is 18.2 Å². The van der Waals surface area contributed by atoms with Crippen molar-refractivity contribution in [2.45, 2.75) is 56.9 Å². The summed E-state index contributed by atoms with van der Waals surface area (Å²) in [4.78, 5) is 0. The number of benzene rings is 1. The second-order valence-corrected chi connectivity index (χ2v) is 7.20. The Kier molecular flexibility index (Phi) is 3.72. The van der Waals surface area contributed by atoms with Gasteiger partial charge in [0.15, 0.2) is 0 Å². The van der Waals surface area contributed by atoms with Crippen LogP contribution in [0, 0.1) is 5.41 Å². The van der Waals surface area contributed by atoms with Crippen LogP contribution in [0.4, 0.5) is 0 Å². The summed E-state index contributed by atoms with van der Waals surface area (Å²) in [5, 5.41) is 0.743. The van der Waals surface area contributed by atoms with Gasteiger partial charge in [0.05, 0.1) is 7.11 Å². The molecule has 2 N–H and O–H groups in total. The molecule has 1 aromatic rings. The fourth-order valence-electron chi connectivity index (χ4n) is 4.38. The van der Waals surface area contributed by atoms with Gasteiger partial charge in [0, 0.05) is 16.1 Å². The lowest BCUT2D eigenvalue weighted by Crippen LogP contribution is -2.55. The highest BCUT2D eigenvalue weighted by Gasteiger charge is 2.53. The van der Waals surface area contributed by atoms with Crippen molar-refractivity contribution in [2.75, 3.05) is 7.11 Å². The second kappa shape index (κ2) is 5.23. The average molecular weight is 294 g/mol. The third kappa shape index (κ3) is 2.44. The zero-order chi connectivity index (χ0) is 14.2. The second-order valence-electron chi connectivity index (χ2n) is 6.77. The minimum Gasteiger partial charge on any atom is -0.496 e. The van der Waals surface area contributed by atoms with Gasteiger partial charge >= 0.3 is 0 Å². The molecule has 0 aliphatic heterocycles. The van der Waals surface area contributed by atoms with E-state index in [0.717, 1.165) is 29.2 Å². The fourth-order valence-corrected chi connectivity index (χ4v) is 4.55. The predicted octanol–water partition coefficient (Wildman–Crippen LogP) is 4.64. The Labute approximate surface area is 126 Å². The van der Waals surface area contributed by atoms with Gasteiger partial charge in [-0.05, 0) is 49.3 Å². The fraction of sp³-hybridized carbons (Fsp3) is 0.647. The van der Waals surface area contributed by atoms with Crippen LogP contribution in [0.5, 0.6) is 5.75 Å². The highest BCUT2D eigenvalue weighted by molar-refractivity contribution is 6.30. The van der Waals surface area contributed by atoms with Crippen molar-refractivity contribution >= 4 is 11.6 Å². The van der Waals surface area contributed by atoms with E-state index in [1.165, 1.54) is 38.5 Å². The van der Waals surface area contributed by atoms with E-state index in [1.54, 1.807) is 7.11 Å². The van der Waals surface area contributed by atoms with E-state index in [1.807, 2.05) is 18.2 Å². The van der Waals surface area contributed by atoms with E-state index < -0.39 is 0 Å². The Hall–Kier alpha value is -0.730. The molecule has 2 nitrogen and oxygen atoms in total. The van der Waals surface area contributed by atoms with Crippen molar-refractivity contribution in [3.05, 3.63) is 28.8 Å². The molecule has 0 radical (unpaired) electrons. The minimum atomic E-state index is -0.249. The minimum absolute atomic E-state index is 0.249. The van der Waals surface area contributed by atoms with Gasteiger partial charge in [-0.3, -0.25) is 0 Å². The van der Waals surface area contributed by atoms with E-state index in [2.05, 4.69) is 0 Å². The largest absolute Gasteiger partial charge is 0.496 e. The Bertz CT molecular complexity index is 484. The zero-order valence-corrected chi connectivity index (χ0v) is 13.0. The molecule has 2 aliphatic carbocycles. The Balaban J connectivity index is 1.83. The lowest BCUT2D eigenvalue weighted by molar-refractivity contribution is 0.00836. The van der Waals surface area contributed by atoms with Crippen molar-refractivity contribution in [1.29, 1.82) is 0 Å². The lowest BCUT2D eigenvalue weighted by atomic mass is 9.52. The first-order valence-electron chi connectivity index (χ1n) is 7.70. The van der Waals surface area contributed by atoms with Gasteiger partial charge in [0.2, 0.25) is 0 Å². The average Bonchev–Trinajstić information content (AvgIpc) is 2.64. The predicted molar refractivity (Wildman–Crippen MR) is 83.2 cm³/mol. The maximum atomic E-state index is 6.69. The van der Waals surface area contributed by atoms with Crippen LogP contribution in [0.25, 0.3) is 0 Å². The summed E-state index contributed by atoms with van der Waals surface area (Å²) in [5.41, 5.74) is 8.01. The monoisotopic (exact) mass is 293 g/mol. The summed E-state index contributed by atoms with van der Waals surface area (Å²) in [6, 6.07) is 5.79. The van der Waals surface area contributed by atoms with Gasteiger partial charge in [-0.25, -0.2) is 0 Å². The maximum absolute atomic E-state index is 6.69. The molecule has 0 unspecified atom stereocenters. The van der Waals surface area contributed by atoms with Crippen LogP contribution in [0.3, 0.4) is 0 Å². The summed E-state index contributed by atoms with van der Waals surface area (Å²) in [7, 11) is 1.70. The third-order valence-electron chi connectivity index (χ3n) is 5.24. The molecule has 0 atom stereocenters. The molecule has 3 rings (SSSR count). The molecule has 0 bridgehead atoms. The van der Waals surface area contributed by atoms with E-state index >= 15 is 0 Å². The highest BCUT2D eigenvalue weighted by atomic mass is 35.5. The van der Waals surface area contributed by atoms with Crippen molar-refractivity contribution < 1.29 is 4.74 Å². The van der Waals surface area contributed by atoms with Gasteiger partial charge < -0.3 is 10.5 Å². The molecule has 20 heavy (non-hydrogen) atoms. The third-order valence-corrected chi connectivity index (χ3v) is 5.48. The molecule has 1 spiro atoms. The van der Waals surface area contributed by atoms with E-state index in [9.17, 15) is 0 Å². The molecule has 3 heteroatoms. The summed E-state index contributed by atoms with van der Waals surface area (Å²) in [6.07, 6.45) is 10.3.